The third-order valence-electron chi connectivity index (χ3n) is 17.3. The molecule has 0 spiro atoms. The van der Waals surface area contributed by atoms with Gasteiger partial charge in [-0.15, -0.1) is 0 Å². The van der Waals surface area contributed by atoms with Gasteiger partial charge in [0, 0.05) is 5.41 Å². The van der Waals surface area contributed by atoms with Crippen LogP contribution in [-0.4, -0.2) is 127 Å². The Hall–Kier alpha value is -1.23. The molecule has 2 aliphatic heterocycles. The summed E-state index contributed by atoms with van der Waals surface area (Å²) in [5.41, 5.74) is 1.09. The van der Waals surface area contributed by atoms with Gasteiger partial charge in [-0.1, -0.05) is 67.0 Å². The van der Waals surface area contributed by atoms with E-state index in [9.17, 15) is 45.6 Å². The van der Waals surface area contributed by atoms with E-state index in [1.54, 1.807) is 5.57 Å². The molecule has 4 saturated carbocycles. The summed E-state index contributed by atoms with van der Waals surface area (Å²) >= 11 is 0. The zero-order valence-corrected chi connectivity index (χ0v) is 33.9. The number of carboxylic acids is 1. The SMILES string of the molecule is CC1(C)CC2C3=CCC4[C@@]5(C)CC[C@H](O[C@@H]6O[C@H](C(=O)O)[C@@H](O)[C@H](O)[C@H]6O[C@@H]6O[C@H](CO)[C@H](O)[C@H](O)[C@H]6O)C(C)(C)C5CC[C@@]4(C)[C@]3(C)CC[C@@]2(C)[C@H](O)C1. The van der Waals surface area contributed by atoms with E-state index in [0.717, 1.165) is 51.4 Å². The largest absolute Gasteiger partial charge is 0.479 e. The van der Waals surface area contributed by atoms with Crippen molar-refractivity contribution in [3.63, 3.8) is 0 Å². The van der Waals surface area contributed by atoms with Crippen molar-refractivity contribution < 1.29 is 64.6 Å². The molecule has 3 unspecified atom stereocenters. The third kappa shape index (κ3) is 6.23. The fraction of sp³-hybridized carbons (Fsp3) is 0.929. The zero-order valence-electron chi connectivity index (χ0n) is 33.9. The molecule has 0 aromatic carbocycles. The van der Waals surface area contributed by atoms with Crippen molar-refractivity contribution in [2.45, 2.75) is 187 Å². The second-order valence-electron chi connectivity index (χ2n) is 21.0. The van der Waals surface area contributed by atoms with Crippen LogP contribution >= 0.6 is 0 Å². The van der Waals surface area contributed by atoms with E-state index in [1.807, 2.05) is 0 Å². The lowest BCUT2D eigenvalue weighted by atomic mass is 9.33. The van der Waals surface area contributed by atoms with Crippen LogP contribution in [0.15, 0.2) is 11.6 Å². The fourth-order valence-electron chi connectivity index (χ4n) is 13.7. The minimum Gasteiger partial charge on any atom is -0.479 e. The first-order valence-corrected chi connectivity index (χ1v) is 20.7. The number of carboxylic acid groups (broad SMARTS) is 1. The molecular formula is C42H68O13. The Balaban J connectivity index is 1.15. The van der Waals surface area contributed by atoms with E-state index in [0.29, 0.717) is 18.3 Å². The summed E-state index contributed by atoms with van der Waals surface area (Å²) in [7, 11) is 0. The highest BCUT2D eigenvalue weighted by Crippen LogP contribution is 2.76. The van der Waals surface area contributed by atoms with E-state index >= 15 is 0 Å². The summed E-state index contributed by atoms with van der Waals surface area (Å²) < 4.78 is 24.0. The molecule has 55 heavy (non-hydrogen) atoms. The maximum absolute atomic E-state index is 12.2. The van der Waals surface area contributed by atoms with Crippen molar-refractivity contribution in [2.75, 3.05) is 6.61 Å². The van der Waals surface area contributed by atoms with Crippen molar-refractivity contribution in [3.8, 4) is 0 Å². The number of fused-ring (bicyclic) bond motifs is 7. The molecule has 314 valence electrons. The highest BCUT2D eigenvalue weighted by Gasteiger charge is 2.69. The van der Waals surface area contributed by atoms with E-state index < -0.39 is 85.5 Å². The lowest BCUT2D eigenvalue weighted by molar-refractivity contribution is -0.374. The molecule has 2 saturated heterocycles. The lowest BCUT2D eigenvalue weighted by Gasteiger charge is -2.71. The van der Waals surface area contributed by atoms with Crippen LogP contribution in [0.2, 0.25) is 0 Å². The molecule has 2 heterocycles. The average Bonchev–Trinajstić information content (AvgIpc) is 3.10. The van der Waals surface area contributed by atoms with E-state index in [4.69, 9.17) is 18.9 Å². The van der Waals surface area contributed by atoms with Crippen molar-refractivity contribution in [1.29, 1.82) is 0 Å². The van der Waals surface area contributed by atoms with Gasteiger partial charge in [0.1, 0.15) is 42.7 Å². The molecule has 13 heteroatoms. The van der Waals surface area contributed by atoms with Crippen LogP contribution in [0.5, 0.6) is 0 Å². The van der Waals surface area contributed by atoms with Gasteiger partial charge in [-0.2, -0.15) is 0 Å². The van der Waals surface area contributed by atoms with Crippen molar-refractivity contribution >= 4 is 5.97 Å². The maximum Gasteiger partial charge on any atom is 0.335 e. The van der Waals surface area contributed by atoms with Gasteiger partial charge in [0.15, 0.2) is 18.7 Å². The molecule has 7 aliphatic rings. The molecule has 5 aliphatic carbocycles. The number of hydrogen-bond donors (Lipinski definition) is 8. The smallest absolute Gasteiger partial charge is 0.335 e. The van der Waals surface area contributed by atoms with E-state index in [1.165, 1.54) is 0 Å². The summed E-state index contributed by atoms with van der Waals surface area (Å²) in [4.78, 5) is 12.2. The van der Waals surface area contributed by atoms with Crippen LogP contribution in [0, 0.1) is 50.2 Å². The van der Waals surface area contributed by atoms with E-state index in [-0.39, 0.29) is 39.1 Å². The van der Waals surface area contributed by atoms with Gasteiger partial charge < -0.3 is 59.8 Å². The third-order valence-corrected chi connectivity index (χ3v) is 17.3. The molecule has 7 rings (SSSR count). The number of rotatable bonds is 6. The minimum atomic E-state index is -1.92. The van der Waals surface area contributed by atoms with Crippen LogP contribution in [0.1, 0.15) is 113 Å². The predicted molar refractivity (Wildman–Crippen MR) is 198 cm³/mol. The summed E-state index contributed by atoms with van der Waals surface area (Å²) in [5.74, 6) is -0.522. The number of carbonyl (C=O) groups is 1. The molecule has 0 bridgehead atoms. The number of aliphatic carboxylic acids is 1. The molecule has 13 nitrogen and oxygen atoms in total. The van der Waals surface area contributed by atoms with Gasteiger partial charge in [-0.3, -0.25) is 0 Å². The van der Waals surface area contributed by atoms with Crippen molar-refractivity contribution in [2.24, 2.45) is 50.2 Å². The van der Waals surface area contributed by atoms with Gasteiger partial charge in [0.2, 0.25) is 0 Å². The first kappa shape index (κ1) is 41.9. The quantitative estimate of drug-likeness (QED) is 0.144. The van der Waals surface area contributed by atoms with Crippen LogP contribution in [0.3, 0.4) is 0 Å². The topological polar surface area (TPSA) is 216 Å². The lowest BCUT2D eigenvalue weighted by Crippen LogP contribution is -2.67. The molecule has 0 radical (unpaired) electrons. The summed E-state index contributed by atoms with van der Waals surface area (Å²) in [6, 6.07) is 0. The highest BCUT2D eigenvalue weighted by molar-refractivity contribution is 5.73. The van der Waals surface area contributed by atoms with Gasteiger partial charge in [0.05, 0.1) is 18.8 Å². The van der Waals surface area contributed by atoms with Gasteiger partial charge in [-0.25, -0.2) is 4.79 Å². The van der Waals surface area contributed by atoms with Crippen LogP contribution in [-0.2, 0) is 23.7 Å². The maximum atomic E-state index is 12.2. The Morgan fingerprint density at radius 2 is 1.44 bits per heavy atom. The molecule has 19 atom stereocenters. The number of allylic oxidation sites excluding steroid dienone is 2. The number of aliphatic hydroxyl groups excluding tert-OH is 7. The summed E-state index contributed by atoms with van der Waals surface area (Å²) in [6.07, 6.45) is -6.63. The first-order chi connectivity index (χ1) is 25.5. The molecule has 0 amide bonds. The van der Waals surface area contributed by atoms with E-state index in [2.05, 4.69) is 61.5 Å². The first-order valence-electron chi connectivity index (χ1n) is 20.7. The number of ether oxygens (including phenoxy) is 4. The van der Waals surface area contributed by atoms with Crippen LogP contribution in [0.4, 0.5) is 0 Å². The molecule has 6 fully saturated rings. The standard InChI is InChI=1S/C42H68O13/c1-37(2)17-21-20-9-10-24-40(6)13-12-26(38(3,4)23(40)11-14-42(24,8)41(20,7)16-15-39(21,5)25(44)18-37)53-36-33(30(48)29(47)32(54-36)34(50)51)55-35-31(49)28(46)27(45)22(19-43)52-35/h9,21-33,35-36,43-49H,10-19H2,1-8H3,(H,50,51)/t21?,22-,23?,24?,25-,26+,27+,28+,29+,30+,31-,32+,33-,35+,36-,39-,40+,41-,42-/m1/s1. The molecule has 8 N–H and O–H groups in total. The van der Waals surface area contributed by atoms with Crippen LogP contribution < -0.4 is 0 Å². The monoisotopic (exact) mass is 780 g/mol. The molecule has 0 aromatic rings. The van der Waals surface area contributed by atoms with Gasteiger partial charge in [0.25, 0.3) is 0 Å². The van der Waals surface area contributed by atoms with Gasteiger partial charge >= 0.3 is 5.97 Å². The Morgan fingerprint density at radius 3 is 2.09 bits per heavy atom. The normalized spacial score (nSPS) is 54.5. The fourth-order valence-corrected chi connectivity index (χ4v) is 13.7. The second kappa shape index (κ2) is 13.9. The highest BCUT2D eigenvalue weighted by atomic mass is 16.8. The Morgan fingerprint density at radius 1 is 0.745 bits per heavy atom. The summed E-state index contributed by atoms with van der Waals surface area (Å²) in [6.45, 7) is 18.1. The summed E-state index contributed by atoms with van der Waals surface area (Å²) in [5, 5.41) is 84.6. The second-order valence-corrected chi connectivity index (χ2v) is 21.0. The minimum absolute atomic E-state index is 0.00638. The Labute approximate surface area is 325 Å². The number of aliphatic hydroxyl groups is 7. The zero-order chi connectivity index (χ0) is 40.4. The van der Waals surface area contributed by atoms with Crippen molar-refractivity contribution in [1.82, 2.24) is 0 Å². The Kier molecular flexibility index (Phi) is 10.6. The predicted octanol–water partition coefficient (Wildman–Crippen LogP) is 2.88. The Bertz CT molecular complexity index is 1500. The molecule has 0 aromatic heterocycles. The number of hydrogen-bond acceptors (Lipinski definition) is 12. The molecular weight excluding hydrogens is 712 g/mol. The average molecular weight is 781 g/mol. The van der Waals surface area contributed by atoms with Crippen LogP contribution in [0.25, 0.3) is 0 Å². The van der Waals surface area contributed by atoms with Crippen molar-refractivity contribution in [3.05, 3.63) is 11.6 Å². The van der Waals surface area contributed by atoms with Gasteiger partial charge in [-0.05, 0) is 103 Å².